The third kappa shape index (κ3) is 3.03. The second-order valence-electron chi connectivity index (χ2n) is 5.31. The summed E-state index contributed by atoms with van der Waals surface area (Å²) in [5.41, 5.74) is 7.62. The Labute approximate surface area is 133 Å². The minimum absolute atomic E-state index is 0.0272. The Balaban J connectivity index is 1.91. The van der Waals surface area contributed by atoms with Gasteiger partial charge in [-0.2, -0.15) is 0 Å². The van der Waals surface area contributed by atoms with E-state index in [2.05, 4.69) is 10.3 Å². The van der Waals surface area contributed by atoms with Gasteiger partial charge in [-0.25, -0.2) is 4.98 Å². The smallest absolute Gasteiger partial charge is 0.256 e. The molecule has 3 rings (SSSR count). The number of carbonyl (C=O) groups is 1. The van der Waals surface area contributed by atoms with Crippen molar-refractivity contribution < 1.29 is 4.79 Å². The van der Waals surface area contributed by atoms with Gasteiger partial charge in [-0.15, -0.1) is 0 Å². The first-order valence-corrected chi connectivity index (χ1v) is 7.16. The first-order valence-electron chi connectivity index (χ1n) is 7.16. The molecule has 0 atom stereocenters. The van der Waals surface area contributed by atoms with Crippen LogP contribution in [0.3, 0.4) is 0 Å². The van der Waals surface area contributed by atoms with Crippen LogP contribution >= 0.6 is 0 Å². The Morgan fingerprint density at radius 1 is 1.09 bits per heavy atom. The van der Waals surface area contributed by atoms with Crippen LogP contribution in [0.15, 0.2) is 54.7 Å². The van der Waals surface area contributed by atoms with Crippen LogP contribution < -0.4 is 11.1 Å². The average Bonchev–Trinajstić information content (AvgIpc) is 2.55. The SMILES string of the molecule is Cc1cccnc1NC(=O)c1ccc2cc(C(=N)N)ccc2c1. The number of carbonyl (C=O) groups excluding carboxylic acids is 1. The number of amides is 1. The molecule has 114 valence electrons. The molecule has 0 saturated heterocycles. The van der Waals surface area contributed by atoms with E-state index in [0.717, 1.165) is 16.3 Å². The maximum atomic E-state index is 12.4. The van der Waals surface area contributed by atoms with Gasteiger partial charge in [0, 0.05) is 17.3 Å². The van der Waals surface area contributed by atoms with Gasteiger partial charge in [-0.05, 0) is 47.5 Å². The van der Waals surface area contributed by atoms with Gasteiger partial charge in [-0.3, -0.25) is 10.2 Å². The molecular formula is C18H16N4O. The molecule has 5 heteroatoms. The summed E-state index contributed by atoms with van der Waals surface area (Å²) >= 11 is 0. The molecule has 2 aromatic carbocycles. The molecule has 0 radical (unpaired) electrons. The van der Waals surface area contributed by atoms with Crippen molar-refractivity contribution in [2.24, 2.45) is 5.73 Å². The summed E-state index contributed by atoms with van der Waals surface area (Å²) in [7, 11) is 0. The van der Waals surface area contributed by atoms with Crippen LogP contribution in [0.5, 0.6) is 0 Å². The van der Waals surface area contributed by atoms with E-state index in [9.17, 15) is 4.79 Å². The molecule has 0 aliphatic carbocycles. The number of benzene rings is 2. The summed E-state index contributed by atoms with van der Waals surface area (Å²) in [4.78, 5) is 16.5. The van der Waals surface area contributed by atoms with Crippen molar-refractivity contribution in [1.82, 2.24) is 4.98 Å². The lowest BCUT2D eigenvalue weighted by atomic mass is 10.0. The van der Waals surface area contributed by atoms with Crippen LogP contribution in [0.2, 0.25) is 0 Å². The van der Waals surface area contributed by atoms with E-state index in [1.807, 2.05) is 43.3 Å². The fourth-order valence-electron chi connectivity index (χ4n) is 2.35. The van der Waals surface area contributed by atoms with Crippen molar-refractivity contribution in [2.75, 3.05) is 5.32 Å². The average molecular weight is 304 g/mol. The van der Waals surface area contributed by atoms with Gasteiger partial charge in [0.2, 0.25) is 0 Å². The molecule has 0 saturated carbocycles. The molecule has 23 heavy (non-hydrogen) atoms. The molecule has 1 aromatic heterocycles. The number of amidine groups is 1. The van der Waals surface area contributed by atoms with E-state index in [1.54, 1.807) is 18.3 Å². The summed E-state index contributed by atoms with van der Waals surface area (Å²) in [6, 6.07) is 14.6. The summed E-state index contributed by atoms with van der Waals surface area (Å²) in [5, 5.41) is 12.1. The molecule has 1 amide bonds. The number of nitrogen functional groups attached to an aromatic ring is 1. The number of fused-ring (bicyclic) bond motifs is 1. The topological polar surface area (TPSA) is 91.9 Å². The Bertz CT molecular complexity index is 918. The Morgan fingerprint density at radius 2 is 1.74 bits per heavy atom. The van der Waals surface area contributed by atoms with Gasteiger partial charge >= 0.3 is 0 Å². The summed E-state index contributed by atoms with van der Waals surface area (Å²) in [6.45, 7) is 1.90. The van der Waals surface area contributed by atoms with Gasteiger partial charge in [-0.1, -0.05) is 24.3 Å². The number of rotatable bonds is 3. The van der Waals surface area contributed by atoms with E-state index in [4.69, 9.17) is 11.1 Å². The van der Waals surface area contributed by atoms with Crippen LogP contribution in [-0.4, -0.2) is 16.7 Å². The number of nitrogens with one attached hydrogen (secondary N) is 2. The fourth-order valence-corrected chi connectivity index (χ4v) is 2.35. The molecule has 0 fully saturated rings. The molecule has 0 unspecified atom stereocenters. The van der Waals surface area contributed by atoms with Crippen LogP contribution in [0.25, 0.3) is 10.8 Å². The van der Waals surface area contributed by atoms with Crippen LogP contribution in [0.1, 0.15) is 21.5 Å². The van der Waals surface area contributed by atoms with Crippen LogP contribution in [0, 0.1) is 12.3 Å². The number of pyridine rings is 1. The highest BCUT2D eigenvalue weighted by Gasteiger charge is 2.09. The molecule has 3 aromatic rings. The Morgan fingerprint density at radius 3 is 2.39 bits per heavy atom. The highest BCUT2D eigenvalue weighted by Crippen LogP contribution is 2.19. The van der Waals surface area contributed by atoms with Gasteiger partial charge in [0.1, 0.15) is 11.7 Å². The van der Waals surface area contributed by atoms with Gasteiger partial charge < -0.3 is 11.1 Å². The van der Waals surface area contributed by atoms with Crippen molar-refractivity contribution in [1.29, 1.82) is 5.41 Å². The second kappa shape index (κ2) is 5.88. The standard InChI is InChI=1S/C18H16N4O/c1-11-3-2-8-21-17(11)22-18(23)15-7-5-12-9-14(16(19)20)6-4-13(12)10-15/h2-10H,1H3,(H3,19,20)(H,21,22,23). The monoisotopic (exact) mass is 304 g/mol. The summed E-state index contributed by atoms with van der Waals surface area (Å²) < 4.78 is 0. The minimum atomic E-state index is -0.204. The van der Waals surface area contributed by atoms with Crippen molar-refractivity contribution in [3.63, 3.8) is 0 Å². The predicted octanol–water partition coefficient (Wildman–Crippen LogP) is 3.08. The van der Waals surface area contributed by atoms with Crippen LogP contribution in [0.4, 0.5) is 5.82 Å². The first-order chi connectivity index (χ1) is 11.0. The van der Waals surface area contributed by atoms with Gasteiger partial charge in [0.05, 0.1) is 0 Å². The second-order valence-corrected chi connectivity index (χ2v) is 5.31. The maximum absolute atomic E-state index is 12.4. The van der Waals surface area contributed by atoms with Crippen molar-refractivity contribution >= 4 is 28.3 Å². The highest BCUT2D eigenvalue weighted by atomic mass is 16.1. The molecule has 0 aliphatic heterocycles. The number of hydrogen-bond acceptors (Lipinski definition) is 3. The quantitative estimate of drug-likeness (QED) is 0.513. The molecule has 0 spiro atoms. The Kier molecular flexibility index (Phi) is 3.76. The summed E-state index contributed by atoms with van der Waals surface area (Å²) in [5.74, 6) is 0.383. The third-order valence-electron chi connectivity index (χ3n) is 3.65. The van der Waals surface area contributed by atoms with E-state index in [-0.39, 0.29) is 11.7 Å². The van der Waals surface area contributed by atoms with E-state index in [1.165, 1.54) is 0 Å². The third-order valence-corrected chi connectivity index (χ3v) is 3.65. The van der Waals surface area contributed by atoms with Crippen LogP contribution in [-0.2, 0) is 0 Å². The number of aryl methyl sites for hydroxylation is 1. The number of anilines is 1. The van der Waals surface area contributed by atoms with Crippen molar-refractivity contribution in [3.05, 3.63) is 71.4 Å². The summed E-state index contributed by atoms with van der Waals surface area (Å²) in [6.07, 6.45) is 1.65. The minimum Gasteiger partial charge on any atom is -0.384 e. The van der Waals surface area contributed by atoms with Crippen molar-refractivity contribution in [3.8, 4) is 0 Å². The lowest BCUT2D eigenvalue weighted by Crippen LogP contribution is -2.14. The van der Waals surface area contributed by atoms with Gasteiger partial charge in [0.25, 0.3) is 5.91 Å². The highest BCUT2D eigenvalue weighted by molar-refractivity contribution is 6.07. The van der Waals surface area contributed by atoms with Crippen molar-refractivity contribution in [2.45, 2.75) is 6.92 Å². The zero-order valence-electron chi connectivity index (χ0n) is 12.6. The predicted molar refractivity (Wildman–Crippen MR) is 91.9 cm³/mol. The zero-order valence-corrected chi connectivity index (χ0v) is 12.6. The maximum Gasteiger partial charge on any atom is 0.256 e. The van der Waals surface area contributed by atoms with E-state index in [0.29, 0.717) is 16.9 Å². The molecule has 1 heterocycles. The Hall–Kier alpha value is -3.21. The van der Waals surface area contributed by atoms with E-state index >= 15 is 0 Å². The largest absolute Gasteiger partial charge is 0.384 e. The molecule has 0 bridgehead atoms. The first kappa shape index (κ1) is 14.7. The number of nitrogens with two attached hydrogens (primary N) is 1. The number of aromatic nitrogens is 1. The number of hydrogen-bond donors (Lipinski definition) is 3. The molecular weight excluding hydrogens is 288 g/mol. The molecule has 4 N–H and O–H groups in total. The van der Waals surface area contributed by atoms with E-state index < -0.39 is 0 Å². The lowest BCUT2D eigenvalue weighted by molar-refractivity contribution is 0.102. The molecule has 5 nitrogen and oxygen atoms in total. The van der Waals surface area contributed by atoms with Gasteiger partial charge in [0.15, 0.2) is 0 Å². The lowest BCUT2D eigenvalue weighted by Gasteiger charge is -2.08. The number of nitrogens with zero attached hydrogens (tertiary/aromatic N) is 1. The zero-order chi connectivity index (χ0) is 16.4. The normalized spacial score (nSPS) is 10.5. The fraction of sp³-hybridized carbons (Fsp3) is 0.0556. The molecule has 0 aliphatic rings.